The maximum absolute atomic E-state index is 5.74. The lowest BCUT2D eigenvalue weighted by Crippen LogP contribution is -2.01. The van der Waals surface area contributed by atoms with Gasteiger partial charge < -0.3 is 10.5 Å². The summed E-state index contributed by atoms with van der Waals surface area (Å²) in [6.07, 6.45) is 4.57. The maximum Gasteiger partial charge on any atom is 0.221 e. The van der Waals surface area contributed by atoms with E-state index in [9.17, 15) is 0 Å². The number of nitrogens with zero attached hydrogens (tertiary/aromatic N) is 3. The van der Waals surface area contributed by atoms with Gasteiger partial charge in [-0.1, -0.05) is 26.0 Å². The quantitative estimate of drug-likeness (QED) is 0.830. The Kier molecular flexibility index (Phi) is 4.98. The number of aromatic nitrogens is 2. The molecule has 0 aliphatic rings. The van der Waals surface area contributed by atoms with Crippen molar-refractivity contribution in [3.63, 3.8) is 0 Å². The van der Waals surface area contributed by atoms with Crippen LogP contribution in [0, 0.1) is 12.8 Å². The van der Waals surface area contributed by atoms with Gasteiger partial charge in [0, 0.05) is 0 Å². The van der Waals surface area contributed by atoms with Crippen molar-refractivity contribution in [1.82, 2.24) is 9.66 Å². The minimum absolute atomic E-state index is 0.382. The van der Waals surface area contributed by atoms with Crippen LogP contribution < -0.4 is 10.5 Å². The van der Waals surface area contributed by atoms with Crippen LogP contribution in [0.1, 0.15) is 31.5 Å². The van der Waals surface area contributed by atoms with Crippen LogP contribution >= 0.6 is 0 Å². The van der Waals surface area contributed by atoms with Crippen LogP contribution in [0.3, 0.4) is 0 Å². The second kappa shape index (κ2) is 6.92. The van der Waals surface area contributed by atoms with Crippen molar-refractivity contribution in [3.8, 4) is 5.75 Å². The molecule has 0 unspecified atom stereocenters. The average molecular weight is 286 g/mol. The Bertz CT molecular complexity index is 616. The van der Waals surface area contributed by atoms with Gasteiger partial charge in [-0.05, 0) is 37.0 Å². The molecule has 5 nitrogen and oxygen atoms in total. The third kappa shape index (κ3) is 4.63. The zero-order valence-electron chi connectivity index (χ0n) is 12.8. The zero-order chi connectivity index (χ0) is 15.2. The molecular formula is C16H22N4O. The molecule has 2 N–H and O–H groups in total. The predicted molar refractivity (Wildman–Crippen MR) is 85.8 cm³/mol. The topological polar surface area (TPSA) is 65.4 Å². The first-order valence-electron chi connectivity index (χ1n) is 7.13. The molecule has 1 aromatic carbocycles. The number of hydrogen-bond donors (Lipinski definition) is 1. The van der Waals surface area contributed by atoms with Crippen LogP contribution in [0.4, 0.5) is 5.95 Å². The standard InChI is InChI=1S/C16H22N4O/c1-12(2)7-8-21-15-6-4-5-14(9-15)10-18-20-11-13(3)19-16(20)17/h4-6,9-12H,7-8H2,1-3H3,(H2,17,19). The first-order chi connectivity index (χ1) is 10.0. The number of aryl methyl sites for hydroxylation is 1. The Morgan fingerprint density at radius 3 is 2.90 bits per heavy atom. The number of nitrogens with two attached hydrogens (primary N) is 1. The number of rotatable bonds is 6. The summed E-state index contributed by atoms with van der Waals surface area (Å²) < 4.78 is 7.29. The van der Waals surface area contributed by atoms with Crippen molar-refractivity contribution in [2.45, 2.75) is 27.2 Å². The van der Waals surface area contributed by atoms with Crippen molar-refractivity contribution in [3.05, 3.63) is 41.7 Å². The molecule has 0 saturated carbocycles. The van der Waals surface area contributed by atoms with Gasteiger partial charge in [0.2, 0.25) is 5.95 Å². The van der Waals surface area contributed by atoms with Crippen molar-refractivity contribution in [2.24, 2.45) is 11.0 Å². The van der Waals surface area contributed by atoms with Gasteiger partial charge in [0.15, 0.2) is 0 Å². The third-order valence-electron chi connectivity index (χ3n) is 2.99. The van der Waals surface area contributed by atoms with Gasteiger partial charge in [-0.15, -0.1) is 0 Å². The van der Waals surface area contributed by atoms with Crippen LogP contribution in [-0.4, -0.2) is 22.5 Å². The van der Waals surface area contributed by atoms with E-state index in [-0.39, 0.29) is 0 Å². The summed E-state index contributed by atoms with van der Waals surface area (Å²) in [5.41, 5.74) is 7.55. The van der Waals surface area contributed by atoms with E-state index in [1.807, 2.05) is 31.2 Å². The fraction of sp³-hybridized carbons (Fsp3) is 0.375. The molecule has 2 aromatic rings. The maximum atomic E-state index is 5.74. The van der Waals surface area contributed by atoms with E-state index in [0.717, 1.165) is 30.0 Å². The lowest BCUT2D eigenvalue weighted by Gasteiger charge is -2.08. The number of nitrogen functional groups attached to an aromatic ring is 1. The summed E-state index contributed by atoms with van der Waals surface area (Å²) >= 11 is 0. The summed E-state index contributed by atoms with van der Waals surface area (Å²) in [5, 5.41) is 4.30. The summed E-state index contributed by atoms with van der Waals surface area (Å²) in [6, 6.07) is 7.84. The third-order valence-corrected chi connectivity index (χ3v) is 2.99. The highest BCUT2D eigenvalue weighted by atomic mass is 16.5. The minimum atomic E-state index is 0.382. The molecule has 2 rings (SSSR count). The molecule has 1 heterocycles. The fourth-order valence-corrected chi connectivity index (χ4v) is 1.82. The van der Waals surface area contributed by atoms with Gasteiger partial charge >= 0.3 is 0 Å². The average Bonchev–Trinajstić information content (AvgIpc) is 2.75. The lowest BCUT2D eigenvalue weighted by molar-refractivity contribution is 0.289. The largest absolute Gasteiger partial charge is 0.494 e. The normalized spacial score (nSPS) is 11.4. The second-order valence-corrected chi connectivity index (χ2v) is 5.43. The monoisotopic (exact) mass is 286 g/mol. The van der Waals surface area contributed by atoms with Gasteiger partial charge in [0.05, 0.1) is 24.7 Å². The van der Waals surface area contributed by atoms with Crippen LogP contribution in [-0.2, 0) is 0 Å². The van der Waals surface area contributed by atoms with Gasteiger partial charge in [-0.2, -0.15) is 5.10 Å². The Labute approximate surface area is 125 Å². The van der Waals surface area contributed by atoms with Gasteiger partial charge in [0.1, 0.15) is 5.75 Å². The minimum Gasteiger partial charge on any atom is -0.494 e. The van der Waals surface area contributed by atoms with E-state index in [4.69, 9.17) is 10.5 Å². The molecule has 0 radical (unpaired) electrons. The molecule has 5 heteroatoms. The summed E-state index contributed by atoms with van der Waals surface area (Å²) in [6.45, 7) is 6.98. The fourth-order valence-electron chi connectivity index (χ4n) is 1.82. The van der Waals surface area contributed by atoms with Crippen molar-refractivity contribution < 1.29 is 4.74 Å². The smallest absolute Gasteiger partial charge is 0.221 e. The van der Waals surface area contributed by atoms with Gasteiger partial charge in [-0.3, -0.25) is 0 Å². The van der Waals surface area contributed by atoms with Crippen LogP contribution in [0.5, 0.6) is 5.75 Å². The first kappa shape index (κ1) is 15.1. The molecule has 1 aromatic heterocycles. The number of anilines is 1. The lowest BCUT2D eigenvalue weighted by atomic mass is 10.1. The molecule has 21 heavy (non-hydrogen) atoms. The van der Waals surface area contributed by atoms with E-state index >= 15 is 0 Å². The number of imidazole rings is 1. The first-order valence-corrected chi connectivity index (χ1v) is 7.13. The molecule has 0 saturated heterocycles. The van der Waals surface area contributed by atoms with Gasteiger partial charge in [0.25, 0.3) is 0 Å². The molecule has 0 spiro atoms. The Morgan fingerprint density at radius 1 is 1.43 bits per heavy atom. The van der Waals surface area contributed by atoms with Crippen LogP contribution in [0.25, 0.3) is 0 Å². The van der Waals surface area contributed by atoms with E-state index in [1.54, 1.807) is 17.1 Å². The van der Waals surface area contributed by atoms with Crippen molar-refractivity contribution in [2.75, 3.05) is 12.3 Å². The van der Waals surface area contributed by atoms with Crippen molar-refractivity contribution in [1.29, 1.82) is 0 Å². The van der Waals surface area contributed by atoms with E-state index in [1.165, 1.54) is 0 Å². The van der Waals surface area contributed by atoms with Crippen LogP contribution in [0.2, 0.25) is 0 Å². The molecule has 0 amide bonds. The molecular weight excluding hydrogens is 264 g/mol. The number of hydrogen-bond acceptors (Lipinski definition) is 4. The predicted octanol–water partition coefficient (Wildman–Crippen LogP) is 3.08. The molecule has 0 bridgehead atoms. The van der Waals surface area contributed by atoms with E-state index < -0.39 is 0 Å². The molecule has 112 valence electrons. The summed E-state index contributed by atoms with van der Waals surface area (Å²) in [5.74, 6) is 1.88. The van der Waals surface area contributed by atoms with Crippen LogP contribution in [0.15, 0.2) is 35.6 Å². The number of benzene rings is 1. The highest BCUT2D eigenvalue weighted by Crippen LogP contribution is 2.13. The van der Waals surface area contributed by atoms with E-state index in [0.29, 0.717) is 11.9 Å². The van der Waals surface area contributed by atoms with E-state index in [2.05, 4.69) is 23.9 Å². The Hall–Kier alpha value is -2.30. The highest BCUT2D eigenvalue weighted by molar-refractivity contribution is 5.80. The second-order valence-electron chi connectivity index (χ2n) is 5.43. The summed E-state index contributed by atoms with van der Waals surface area (Å²) in [7, 11) is 0. The summed E-state index contributed by atoms with van der Waals surface area (Å²) in [4.78, 5) is 4.10. The Morgan fingerprint density at radius 2 is 2.24 bits per heavy atom. The highest BCUT2D eigenvalue weighted by Gasteiger charge is 2.00. The Balaban J connectivity index is 2.02. The molecule has 0 fully saturated rings. The van der Waals surface area contributed by atoms with Crippen molar-refractivity contribution >= 4 is 12.2 Å². The van der Waals surface area contributed by atoms with Gasteiger partial charge in [-0.25, -0.2) is 9.66 Å². The molecule has 0 atom stereocenters. The molecule has 0 aliphatic carbocycles. The zero-order valence-corrected chi connectivity index (χ0v) is 12.8. The SMILES string of the molecule is Cc1cn(N=Cc2cccc(OCCC(C)C)c2)c(N)n1. The molecule has 0 aliphatic heterocycles. The number of ether oxygens (including phenoxy) is 1.